The van der Waals surface area contributed by atoms with Crippen molar-refractivity contribution < 1.29 is 12.9 Å². The molecule has 2 heterocycles. The van der Waals surface area contributed by atoms with E-state index >= 15 is 0 Å². The Balaban J connectivity index is 2.46. The zero-order valence-electron chi connectivity index (χ0n) is 11.2. The molecule has 0 fully saturated rings. The second kappa shape index (κ2) is 4.37. The molecule has 0 atom stereocenters. The van der Waals surface area contributed by atoms with Crippen LogP contribution >= 0.6 is 0 Å². The van der Waals surface area contributed by atoms with Crippen LogP contribution in [-0.2, 0) is 22.5 Å². The Kier molecular flexibility index (Phi) is 3.13. The van der Waals surface area contributed by atoms with Crippen LogP contribution < -0.4 is 4.72 Å². The molecule has 2 aromatic heterocycles. The second-order valence-corrected chi connectivity index (χ2v) is 6.91. The molecule has 0 amide bonds. The van der Waals surface area contributed by atoms with Crippen LogP contribution in [0, 0.1) is 0 Å². The van der Waals surface area contributed by atoms with Gasteiger partial charge >= 0.3 is 0 Å². The maximum absolute atomic E-state index is 12.3. The maximum Gasteiger partial charge on any atom is 0.266 e. The predicted octanol–water partition coefficient (Wildman–Crippen LogP) is 1.51. The minimum atomic E-state index is -3.73. The summed E-state index contributed by atoms with van der Waals surface area (Å²) in [7, 11) is -2.05. The highest BCUT2D eigenvalue weighted by Crippen LogP contribution is 2.28. The molecule has 0 unspecified atom stereocenters. The second-order valence-electron chi connectivity index (χ2n) is 5.26. The van der Waals surface area contributed by atoms with Crippen molar-refractivity contribution in [1.29, 1.82) is 0 Å². The summed E-state index contributed by atoms with van der Waals surface area (Å²) in [5.74, 6) is 0.142. The molecule has 19 heavy (non-hydrogen) atoms. The third kappa shape index (κ3) is 2.78. The molecule has 7 nitrogen and oxygen atoms in total. The maximum atomic E-state index is 12.3. The summed E-state index contributed by atoms with van der Waals surface area (Å²) < 4.78 is 33.1. The fraction of sp³-hybridized carbons (Fsp3) is 0.455. The molecule has 0 saturated carbocycles. The highest BCUT2D eigenvalue weighted by atomic mass is 32.2. The molecule has 0 bridgehead atoms. The van der Waals surface area contributed by atoms with E-state index in [2.05, 4.69) is 19.5 Å². The monoisotopic (exact) mass is 284 g/mol. The molecule has 0 spiro atoms. The Hall–Kier alpha value is -1.83. The van der Waals surface area contributed by atoms with Crippen molar-refractivity contribution >= 4 is 15.8 Å². The molecule has 2 rings (SSSR count). The topological polar surface area (TPSA) is 90.0 Å². The molecule has 0 radical (unpaired) electrons. The van der Waals surface area contributed by atoms with E-state index in [0.29, 0.717) is 5.69 Å². The van der Waals surface area contributed by atoms with Crippen molar-refractivity contribution in [3.63, 3.8) is 0 Å². The first-order chi connectivity index (χ1) is 8.70. The number of rotatable bonds is 3. The third-order valence-corrected chi connectivity index (χ3v) is 3.83. The van der Waals surface area contributed by atoms with Crippen LogP contribution in [-0.4, -0.2) is 23.4 Å². The summed E-state index contributed by atoms with van der Waals surface area (Å²) in [6.07, 6.45) is 2.77. The lowest BCUT2D eigenvalue weighted by atomic mass is 9.92. The van der Waals surface area contributed by atoms with Crippen molar-refractivity contribution in [3.8, 4) is 0 Å². The SMILES string of the molecule is Cn1cc(S(=O)(=O)Nc2ccon2)c(C(C)(C)C)n1. The van der Waals surface area contributed by atoms with Crippen molar-refractivity contribution in [2.75, 3.05) is 4.72 Å². The van der Waals surface area contributed by atoms with Gasteiger partial charge in [0.25, 0.3) is 10.0 Å². The van der Waals surface area contributed by atoms with Gasteiger partial charge in [-0.3, -0.25) is 9.40 Å². The number of aryl methyl sites for hydroxylation is 1. The summed E-state index contributed by atoms with van der Waals surface area (Å²) in [6, 6.07) is 1.44. The largest absolute Gasteiger partial charge is 0.363 e. The van der Waals surface area contributed by atoms with Crippen molar-refractivity contribution in [2.24, 2.45) is 7.05 Å². The van der Waals surface area contributed by atoms with E-state index in [0.717, 1.165) is 0 Å². The van der Waals surface area contributed by atoms with Gasteiger partial charge in [0.05, 0.1) is 5.69 Å². The number of aromatic nitrogens is 3. The van der Waals surface area contributed by atoms with Crippen LogP contribution in [0.25, 0.3) is 0 Å². The van der Waals surface area contributed by atoms with E-state index in [4.69, 9.17) is 0 Å². The van der Waals surface area contributed by atoms with Crippen LogP contribution in [0.1, 0.15) is 26.5 Å². The number of hydrogen-bond donors (Lipinski definition) is 1. The van der Waals surface area contributed by atoms with Crippen molar-refractivity contribution in [3.05, 3.63) is 24.2 Å². The molecule has 8 heteroatoms. The first kappa shape index (κ1) is 13.6. The molecular formula is C11H16N4O3S. The molecule has 0 saturated heterocycles. The van der Waals surface area contributed by atoms with Crippen LogP contribution in [0.15, 0.2) is 27.9 Å². The van der Waals surface area contributed by atoms with Gasteiger partial charge in [-0.25, -0.2) is 8.42 Å². The zero-order chi connectivity index (χ0) is 14.3. The molecule has 0 aliphatic rings. The molecule has 0 aliphatic carbocycles. The van der Waals surface area contributed by atoms with Crippen LogP contribution in [0.4, 0.5) is 5.82 Å². The van der Waals surface area contributed by atoms with Gasteiger partial charge in [0.1, 0.15) is 11.2 Å². The summed E-state index contributed by atoms with van der Waals surface area (Å²) >= 11 is 0. The predicted molar refractivity (Wildman–Crippen MR) is 69.2 cm³/mol. The van der Waals surface area contributed by atoms with E-state index < -0.39 is 10.0 Å². The van der Waals surface area contributed by atoms with Crippen LogP contribution in [0.5, 0.6) is 0 Å². The van der Waals surface area contributed by atoms with Crippen LogP contribution in [0.3, 0.4) is 0 Å². The van der Waals surface area contributed by atoms with E-state index in [1.165, 1.54) is 23.2 Å². The molecule has 1 N–H and O–H groups in total. The molecular weight excluding hydrogens is 268 g/mol. The quantitative estimate of drug-likeness (QED) is 0.922. The smallest absolute Gasteiger partial charge is 0.266 e. The van der Waals surface area contributed by atoms with Gasteiger partial charge in [-0.1, -0.05) is 25.9 Å². The minimum absolute atomic E-state index is 0.142. The fourth-order valence-electron chi connectivity index (χ4n) is 1.64. The van der Waals surface area contributed by atoms with Crippen molar-refractivity contribution in [1.82, 2.24) is 14.9 Å². The van der Waals surface area contributed by atoms with Gasteiger partial charge < -0.3 is 4.52 Å². The minimum Gasteiger partial charge on any atom is -0.363 e. The summed E-state index contributed by atoms with van der Waals surface area (Å²) in [4.78, 5) is 0.144. The normalized spacial score (nSPS) is 12.6. The van der Waals surface area contributed by atoms with Gasteiger partial charge in [-0.05, 0) is 0 Å². The highest BCUT2D eigenvalue weighted by molar-refractivity contribution is 7.92. The highest BCUT2D eigenvalue weighted by Gasteiger charge is 2.29. The summed E-state index contributed by atoms with van der Waals surface area (Å²) in [6.45, 7) is 5.72. The van der Waals surface area contributed by atoms with Gasteiger partial charge in [0, 0.05) is 24.7 Å². The number of hydrogen-bond acceptors (Lipinski definition) is 5. The molecule has 0 aromatic carbocycles. The first-order valence-corrected chi connectivity index (χ1v) is 7.16. The Morgan fingerprint density at radius 3 is 2.58 bits per heavy atom. The number of nitrogens with zero attached hydrogens (tertiary/aromatic N) is 3. The standard InChI is InChI=1S/C11H16N4O3S/c1-11(2,3)10-8(7-15(4)12-10)19(16,17)14-9-5-6-18-13-9/h5-7H,1-4H3,(H,13,14). The Morgan fingerprint density at radius 2 is 2.05 bits per heavy atom. The average molecular weight is 284 g/mol. The van der Waals surface area contributed by atoms with E-state index in [9.17, 15) is 8.42 Å². The number of sulfonamides is 1. The van der Waals surface area contributed by atoms with Gasteiger partial charge in [-0.2, -0.15) is 5.10 Å². The Labute approximate surface area is 111 Å². The number of anilines is 1. The first-order valence-electron chi connectivity index (χ1n) is 5.67. The fourth-order valence-corrected chi connectivity index (χ4v) is 3.02. The lowest BCUT2D eigenvalue weighted by molar-refractivity contribution is 0.423. The molecule has 104 valence electrons. The van der Waals surface area contributed by atoms with E-state index in [1.807, 2.05) is 20.8 Å². The zero-order valence-corrected chi connectivity index (χ0v) is 12.0. The Bertz CT molecular complexity index is 665. The Morgan fingerprint density at radius 1 is 1.37 bits per heavy atom. The summed E-state index contributed by atoms with van der Waals surface area (Å²) in [5.41, 5.74) is 0.126. The average Bonchev–Trinajstić information content (AvgIpc) is 2.85. The van der Waals surface area contributed by atoms with Crippen LogP contribution in [0.2, 0.25) is 0 Å². The van der Waals surface area contributed by atoms with Gasteiger partial charge in [-0.15, -0.1) is 0 Å². The summed E-state index contributed by atoms with van der Waals surface area (Å²) in [5, 5.41) is 7.76. The number of nitrogens with one attached hydrogen (secondary N) is 1. The third-order valence-electron chi connectivity index (χ3n) is 2.47. The lowest BCUT2D eigenvalue weighted by Crippen LogP contribution is -2.20. The lowest BCUT2D eigenvalue weighted by Gasteiger charge is -2.17. The van der Waals surface area contributed by atoms with Gasteiger partial charge in [0.15, 0.2) is 5.82 Å². The molecule has 0 aliphatic heterocycles. The molecule has 2 aromatic rings. The van der Waals surface area contributed by atoms with Crippen molar-refractivity contribution in [2.45, 2.75) is 31.1 Å². The van der Waals surface area contributed by atoms with Gasteiger partial charge in [0.2, 0.25) is 0 Å². The van der Waals surface area contributed by atoms with E-state index in [1.54, 1.807) is 7.05 Å². The van der Waals surface area contributed by atoms with E-state index in [-0.39, 0.29) is 16.1 Å².